The van der Waals surface area contributed by atoms with Gasteiger partial charge in [0.15, 0.2) is 0 Å². The Morgan fingerprint density at radius 1 is 1.56 bits per heavy atom. The number of hydrogen-bond donors (Lipinski definition) is 2. The van der Waals surface area contributed by atoms with Crippen molar-refractivity contribution in [2.75, 3.05) is 14.2 Å². The second-order valence-electron chi connectivity index (χ2n) is 3.74. The first kappa shape index (κ1) is 12.5. The van der Waals surface area contributed by atoms with Gasteiger partial charge in [0, 0.05) is 12.5 Å². The van der Waals surface area contributed by atoms with Gasteiger partial charge in [-0.25, -0.2) is 0 Å². The highest BCUT2D eigenvalue weighted by Crippen LogP contribution is 2.23. The van der Waals surface area contributed by atoms with Crippen LogP contribution in [0.1, 0.15) is 23.6 Å². The lowest BCUT2D eigenvalue weighted by Crippen LogP contribution is -2.23. The van der Waals surface area contributed by atoms with Crippen LogP contribution in [-0.4, -0.2) is 20.1 Å². The fourth-order valence-electron chi connectivity index (χ4n) is 1.71. The third kappa shape index (κ3) is 2.97. The van der Waals surface area contributed by atoms with Gasteiger partial charge in [0.2, 0.25) is 5.91 Å². The van der Waals surface area contributed by atoms with Gasteiger partial charge >= 0.3 is 0 Å². The summed E-state index contributed by atoms with van der Waals surface area (Å²) in [6.07, 6.45) is 0.294. The summed E-state index contributed by atoms with van der Waals surface area (Å²) in [4.78, 5) is 10.9. The molecule has 0 aliphatic rings. The van der Waals surface area contributed by atoms with Gasteiger partial charge in [-0.2, -0.15) is 0 Å². The number of primary amides is 1. The van der Waals surface area contributed by atoms with Crippen LogP contribution in [0.4, 0.5) is 0 Å². The summed E-state index contributed by atoms with van der Waals surface area (Å²) in [5.74, 6) is 0.533. The molecule has 0 aliphatic carbocycles. The number of aryl methyl sites for hydroxylation is 1. The average Bonchev–Trinajstić information content (AvgIpc) is 2.25. The summed E-state index contributed by atoms with van der Waals surface area (Å²) < 4.78 is 5.18. The zero-order chi connectivity index (χ0) is 12.1. The summed E-state index contributed by atoms with van der Waals surface area (Å²) in [5, 5.41) is 3.07. The van der Waals surface area contributed by atoms with E-state index in [4.69, 9.17) is 10.5 Å². The fourth-order valence-corrected chi connectivity index (χ4v) is 1.71. The smallest absolute Gasteiger partial charge is 0.219 e. The van der Waals surface area contributed by atoms with Crippen LogP contribution in [-0.2, 0) is 4.79 Å². The normalized spacial score (nSPS) is 12.2. The maximum atomic E-state index is 10.9. The third-order valence-electron chi connectivity index (χ3n) is 2.58. The van der Waals surface area contributed by atoms with Crippen LogP contribution in [0, 0.1) is 6.92 Å². The van der Waals surface area contributed by atoms with Crippen molar-refractivity contribution in [3.63, 3.8) is 0 Å². The summed E-state index contributed by atoms with van der Waals surface area (Å²) in [6.45, 7) is 1.97. The Balaban J connectivity index is 2.93. The molecule has 0 radical (unpaired) electrons. The first-order valence-corrected chi connectivity index (χ1v) is 5.18. The van der Waals surface area contributed by atoms with Crippen LogP contribution in [0.25, 0.3) is 0 Å². The van der Waals surface area contributed by atoms with Crippen LogP contribution in [0.15, 0.2) is 18.2 Å². The van der Waals surface area contributed by atoms with Crippen LogP contribution in [0.3, 0.4) is 0 Å². The lowest BCUT2D eigenvalue weighted by Gasteiger charge is -2.16. The Kier molecular flexibility index (Phi) is 4.31. The second kappa shape index (κ2) is 5.51. The lowest BCUT2D eigenvalue weighted by molar-refractivity contribution is -0.118. The van der Waals surface area contributed by atoms with Crippen LogP contribution >= 0.6 is 0 Å². The SMILES string of the molecule is CNC(CC(N)=O)c1ccc(OC)c(C)c1. The van der Waals surface area contributed by atoms with Gasteiger partial charge in [-0.05, 0) is 31.2 Å². The van der Waals surface area contributed by atoms with Crippen LogP contribution in [0.5, 0.6) is 5.75 Å². The number of nitrogens with two attached hydrogens (primary N) is 1. The molecule has 1 aromatic carbocycles. The molecule has 0 saturated carbocycles. The Hall–Kier alpha value is -1.55. The number of amides is 1. The second-order valence-corrected chi connectivity index (χ2v) is 3.74. The molecule has 1 atom stereocenters. The average molecular weight is 222 g/mol. The third-order valence-corrected chi connectivity index (χ3v) is 2.58. The van der Waals surface area contributed by atoms with Crippen LogP contribution in [0.2, 0.25) is 0 Å². The number of hydrogen-bond acceptors (Lipinski definition) is 3. The Morgan fingerprint density at radius 3 is 2.69 bits per heavy atom. The van der Waals surface area contributed by atoms with Crippen molar-refractivity contribution in [3.8, 4) is 5.75 Å². The first-order valence-electron chi connectivity index (χ1n) is 5.18. The van der Waals surface area contributed by atoms with E-state index in [0.29, 0.717) is 6.42 Å². The molecule has 0 aromatic heterocycles. The van der Waals surface area contributed by atoms with Crippen molar-refractivity contribution in [2.24, 2.45) is 5.73 Å². The molecule has 0 heterocycles. The van der Waals surface area contributed by atoms with Crippen LogP contribution < -0.4 is 15.8 Å². The first-order chi connectivity index (χ1) is 7.58. The zero-order valence-corrected chi connectivity index (χ0v) is 9.91. The minimum Gasteiger partial charge on any atom is -0.496 e. The summed E-state index contributed by atoms with van der Waals surface area (Å²) in [5.41, 5.74) is 7.28. The van der Waals surface area contributed by atoms with Crippen molar-refractivity contribution >= 4 is 5.91 Å². The highest BCUT2D eigenvalue weighted by molar-refractivity contribution is 5.74. The summed E-state index contributed by atoms with van der Waals surface area (Å²) in [6, 6.07) is 5.80. The van der Waals surface area contributed by atoms with E-state index >= 15 is 0 Å². The quantitative estimate of drug-likeness (QED) is 0.785. The molecule has 0 saturated heterocycles. The van der Waals surface area contributed by atoms with Crippen molar-refractivity contribution in [1.82, 2.24) is 5.32 Å². The Labute approximate surface area is 95.8 Å². The highest BCUT2D eigenvalue weighted by atomic mass is 16.5. The molecule has 88 valence electrons. The maximum Gasteiger partial charge on any atom is 0.219 e. The molecule has 4 heteroatoms. The van der Waals surface area contributed by atoms with E-state index in [1.165, 1.54) is 0 Å². The monoisotopic (exact) mass is 222 g/mol. The minimum absolute atomic E-state index is 0.0397. The number of ether oxygens (including phenoxy) is 1. The fraction of sp³-hybridized carbons (Fsp3) is 0.417. The van der Waals surface area contributed by atoms with Crippen molar-refractivity contribution < 1.29 is 9.53 Å². The van der Waals surface area contributed by atoms with E-state index in [1.807, 2.05) is 32.2 Å². The van der Waals surface area contributed by atoms with Gasteiger partial charge in [-0.15, -0.1) is 0 Å². The van der Waals surface area contributed by atoms with Gasteiger partial charge in [-0.3, -0.25) is 4.79 Å². The van der Waals surface area contributed by atoms with Gasteiger partial charge in [0.25, 0.3) is 0 Å². The minimum atomic E-state index is -0.312. The molecule has 1 rings (SSSR count). The number of carbonyl (C=O) groups is 1. The van der Waals surface area contributed by atoms with Gasteiger partial charge in [0.05, 0.1) is 7.11 Å². The van der Waals surface area contributed by atoms with E-state index in [2.05, 4.69) is 5.32 Å². The van der Waals surface area contributed by atoms with Gasteiger partial charge in [0.1, 0.15) is 5.75 Å². The standard InChI is InChI=1S/C12H18N2O2/c1-8-6-9(4-5-11(8)16-3)10(14-2)7-12(13)15/h4-6,10,14H,7H2,1-3H3,(H2,13,15). The number of benzene rings is 1. The number of rotatable bonds is 5. The van der Waals surface area contributed by atoms with E-state index in [0.717, 1.165) is 16.9 Å². The largest absolute Gasteiger partial charge is 0.496 e. The molecular weight excluding hydrogens is 204 g/mol. The number of methoxy groups -OCH3 is 1. The van der Waals surface area contributed by atoms with E-state index < -0.39 is 0 Å². The lowest BCUT2D eigenvalue weighted by atomic mass is 10.0. The number of nitrogens with one attached hydrogen (secondary N) is 1. The Morgan fingerprint density at radius 2 is 2.25 bits per heavy atom. The molecular formula is C12H18N2O2. The summed E-state index contributed by atoms with van der Waals surface area (Å²) >= 11 is 0. The maximum absolute atomic E-state index is 10.9. The highest BCUT2D eigenvalue weighted by Gasteiger charge is 2.13. The molecule has 0 spiro atoms. The predicted molar refractivity (Wildman–Crippen MR) is 63.3 cm³/mol. The predicted octanol–water partition coefficient (Wildman–Crippen LogP) is 1.14. The zero-order valence-electron chi connectivity index (χ0n) is 9.91. The Bertz CT molecular complexity index is 377. The molecule has 3 N–H and O–H groups in total. The molecule has 1 amide bonds. The van der Waals surface area contributed by atoms with E-state index in [9.17, 15) is 4.79 Å². The molecule has 16 heavy (non-hydrogen) atoms. The molecule has 1 unspecified atom stereocenters. The topological polar surface area (TPSA) is 64.3 Å². The summed E-state index contributed by atoms with van der Waals surface area (Å²) in [7, 11) is 3.45. The molecule has 0 fully saturated rings. The molecule has 0 aliphatic heterocycles. The molecule has 0 bridgehead atoms. The van der Waals surface area contributed by atoms with Crippen molar-refractivity contribution in [1.29, 1.82) is 0 Å². The van der Waals surface area contributed by atoms with Gasteiger partial charge in [-0.1, -0.05) is 12.1 Å². The van der Waals surface area contributed by atoms with E-state index in [-0.39, 0.29) is 11.9 Å². The van der Waals surface area contributed by atoms with E-state index in [1.54, 1.807) is 7.11 Å². The van der Waals surface area contributed by atoms with Crippen molar-refractivity contribution in [3.05, 3.63) is 29.3 Å². The molecule has 4 nitrogen and oxygen atoms in total. The number of carbonyl (C=O) groups excluding carboxylic acids is 1. The molecule has 1 aromatic rings. The van der Waals surface area contributed by atoms with Crippen molar-refractivity contribution in [2.45, 2.75) is 19.4 Å². The van der Waals surface area contributed by atoms with Gasteiger partial charge < -0.3 is 15.8 Å².